The number of anilines is 2. The molecule has 0 spiro atoms. The molecule has 11 nitrogen and oxygen atoms in total. The smallest absolute Gasteiger partial charge is 0.229 e. The van der Waals surface area contributed by atoms with Gasteiger partial charge in [0.05, 0.1) is 37.4 Å². The summed E-state index contributed by atoms with van der Waals surface area (Å²) in [6.45, 7) is 2.17. The van der Waals surface area contributed by atoms with Crippen LogP contribution in [0.3, 0.4) is 0 Å². The standard InChI is InChI=1S/C19H22N10O/c1-27-7-5-14(6-8-27)28-12-13(9-22-28)23-19-21-11-16-18(24-19)29(26-25-16)17-4-3-15(30-2)10-20-17/h3-4,9-12,14H,5-8H2,1-2H3,(H,21,23,24). The number of piperidine rings is 1. The number of hydrogen-bond acceptors (Lipinski definition) is 9. The molecule has 1 aliphatic rings. The lowest BCUT2D eigenvalue weighted by Crippen LogP contribution is -2.31. The molecular formula is C19H22N10O. The molecule has 0 saturated carbocycles. The van der Waals surface area contributed by atoms with Gasteiger partial charge < -0.3 is 15.0 Å². The van der Waals surface area contributed by atoms with E-state index in [1.54, 1.807) is 36.4 Å². The Bertz CT molecular complexity index is 1140. The largest absolute Gasteiger partial charge is 0.495 e. The van der Waals surface area contributed by atoms with Crippen molar-refractivity contribution in [1.82, 2.24) is 44.6 Å². The lowest BCUT2D eigenvalue weighted by Gasteiger charge is -2.28. The number of aromatic nitrogens is 8. The van der Waals surface area contributed by atoms with Gasteiger partial charge in [-0.15, -0.1) is 5.10 Å². The fraction of sp³-hybridized carbons (Fsp3) is 0.368. The first-order valence-electron chi connectivity index (χ1n) is 9.78. The summed E-state index contributed by atoms with van der Waals surface area (Å²) >= 11 is 0. The maximum atomic E-state index is 5.16. The number of fused-ring (bicyclic) bond motifs is 1. The average Bonchev–Trinajstić information content (AvgIpc) is 3.41. The zero-order chi connectivity index (χ0) is 20.5. The Morgan fingerprint density at radius 1 is 1.10 bits per heavy atom. The third-order valence-electron chi connectivity index (χ3n) is 5.29. The first-order chi connectivity index (χ1) is 14.7. The Morgan fingerprint density at radius 3 is 2.73 bits per heavy atom. The molecule has 0 radical (unpaired) electrons. The van der Waals surface area contributed by atoms with E-state index in [-0.39, 0.29) is 0 Å². The van der Waals surface area contributed by atoms with Crippen molar-refractivity contribution in [2.75, 3.05) is 32.6 Å². The highest BCUT2D eigenvalue weighted by molar-refractivity contribution is 5.72. The molecule has 0 atom stereocenters. The van der Waals surface area contributed by atoms with E-state index in [4.69, 9.17) is 4.74 Å². The molecule has 0 bridgehead atoms. The van der Waals surface area contributed by atoms with Crippen molar-refractivity contribution in [3.8, 4) is 11.6 Å². The molecule has 1 N–H and O–H groups in total. The Labute approximate surface area is 172 Å². The molecule has 1 fully saturated rings. The lowest BCUT2D eigenvalue weighted by atomic mass is 10.1. The average molecular weight is 406 g/mol. The first-order valence-corrected chi connectivity index (χ1v) is 9.78. The van der Waals surface area contributed by atoms with Gasteiger partial charge in [-0.1, -0.05) is 5.21 Å². The second-order valence-corrected chi connectivity index (χ2v) is 7.33. The Morgan fingerprint density at radius 2 is 1.97 bits per heavy atom. The van der Waals surface area contributed by atoms with Gasteiger partial charge in [0.1, 0.15) is 5.75 Å². The number of rotatable bonds is 5. The van der Waals surface area contributed by atoms with E-state index in [0.29, 0.717) is 34.7 Å². The second kappa shape index (κ2) is 7.67. The minimum absolute atomic E-state index is 0.423. The summed E-state index contributed by atoms with van der Waals surface area (Å²) in [5, 5.41) is 16.0. The van der Waals surface area contributed by atoms with Crippen LogP contribution in [0.2, 0.25) is 0 Å². The van der Waals surface area contributed by atoms with Crippen LogP contribution in [0.15, 0.2) is 36.9 Å². The third-order valence-corrected chi connectivity index (χ3v) is 5.29. The summed E-state index contributed by atoms with van der Waals surface area (Å²) in [4.78, 5) is 15.6. The van der Waals surface area contributed by atoms with Crippen LogP contribution in [0.25, 0.3) is 17.0 Å². The first kappa shape index (κ1) is 18.4. The number of pyridine rings is 1. The molecule has 0 aliphatic carbocycles. The molecule has 5 rings (SSSR count). The summed E-state index contributed by atoms with van der Waals surface area (Å²) in [5.74, 6) is 1.71. The highest BCUT2D eigenvalue weighted by Gasteiger charge is 2.19. The Hall–Kier alpha value is -3.60. The van der Waals surface area contributed by atoms with Crippen molar-refractivity contribution in [2.45, 2.75) is 18.9 Å². The summed E-state index contributed by atoms with van der Waals surface area (Å²) in [5.41, 5.74) is 1.99. The molecule has 11 heteroatoms. The molecular weight excluding hydrogens is 384 g/mol. The number of hydrogen-bond donors (Lipinski definition) is 1. The van der Waals surface area contributed by atoms with Crippen LogP contribution >= 0.6 is 0 Å². The summed E-state index contributed by atoms with van der Waals surface area (Å²) < 4.78 is 8.76. The number of nitrogens with zero attached hydrogens (tertiary/aromatic N) is 9. The molecule has 4 aromatic rings. The topological polar surface area (TPSA) is 112 Å². The zero-order valence-corrected chi connectivity index (χ0v) is 16.8. The van der Waals surface area contributed by atoms with Crippen molar-refractivity contribution in [3.63, 3.8) is 0 Å². The van der Waals surface area contributed by atoms with Crippen molar-refractivity contribution in [2.24, 2.45) is 0 Å². The van der Waals surface area contributed by atoms with Crippen molar-refractivity contribution < 1.29 is 4.74 Å². The van der Waals surface area contributed by atoms with Gasteiger partial charge in [-0.25, -0.2) is 9.97 Å². The predicted molar refractivity (Wildman–Crippen MR) is 110 cm³/mol. The van der Waals surface area contributed by atoms with Gasteiger partial charge in [0.25, 0.3) is 0 Å². The minimum atomic E-state index is 0.423. The second-order valence-electron chi connectivity index (χ2n) is 7.33. The van der Waals surface area contributed by atoms with Gasteiger partial charge in [-0.05, 0) is 45.1 Å². The normalized spacial score (nSPS) is 15.5. The van der Waals surface area contributed by atoms with Gasteiger partial charge in [0.2, 0.25) is 5.95 Å². The van der Waals surface area contributed by atoms with E-state index in [9.17, 15) is 0 Å². The maximum absolute atomic E-state index is 5.16. The van der Waals surface area contributed by atoms with Gasteiger partial charge in [0, 0.05) is 6.20 Å². The van der Waals surface area contributed by atoms with Crippen LogP contribution in [0.5, 0.6) is 5.75 Å². The highest BCUT2D eigenvalue weighted by Crippen LogP contribution is 2.23. The van der Waals surface area contributed by atoms with E-state index in [0.717, 1.165) is 31.6 Å². The van der Waals surface area contributed by atoms with E-state index >= 15 is 0 Å². The van der Waals surface area contributed by atoms with E-state index < -0.39 is 0 Å². The molecule has 30 heavy (non-hydrogen) atoms. The number of nitrogens with one attached hydrogen (secondary N) is 1. The Kier molecular flexibility index (Phi) is 4.71. The van der Waals surface area contributed by atoms with Gasteiger partial charge in [-0.2, -0.15) is 14.8 Å². The molecule has 5 heterocycles. The van der Waals surface area contributed by atoms with Crippen molar-refractivity contribution in [1.29, 1.82) is 0 Å². The quantitative estimate of drug-likeness (QED) is 0.530. The van der Waals surface area contributed by atoms with Crippen molar-refractivity contribution in [3.05, 3.63) is 36.9 Å². The molecule has 1 saturated heterocycles. The van der Waals surface area contributed by atoms with Crippen LogP contribution in [0.1, 0.15) is 18.9 Å². The number of ether oxygens (including phenoxy) is 1. The number of methoxy groups -OCH3 is 1. The third kappa shape index (κ3) is 3.54. The summed E-state index contributed by atoms with van der Waals surface area (Å²) in [6, 6.07) is 4.04. The van der Waals surface area contributed by atoms with Crippen LogP contribution in [0, 0.1) is 0 Å². The zero-order valence-electron chi connectivity index (χ0n) is 16.8. The Balaban J connectivity index is 1.37. The van der Waals surface area contributed by atoms with Crippen LogP contribution in [-0.2, 0) is 0 Å². The van der Waals surface area contributed by atoms with Crippen LogP contribution < -0.4 is 10.1 Å². The monoisotopic (exact) mass is 406 g/mol. The highest BCUT2D eigenvalue weighted by atomic mass is 16.5. The molecule has 0 aromatic carbocycles. The molecule has 1 aliphatic heterocycles. The fourth-order valence-electron chi connectivity index (χ4n) is 3.55. The lowest BCUT2D eigenvalue weighted by molar-refractivity contribution is 0.212. The summed E-state index contributed by atoms with van der Waals surface area (Å²) in [7, 11) is 3.75. The van der Waals surface area contributed by atoms with E-state index in [1.807, 2.05) is 16.9 Å². The van der Waals surface area contributed by atoms with Gasteiger partial charge in [-0.3, -0.25) is 4.68 Å². The van der Waals surface area contributed by atoms with Crippen LogP contribution in [-0.4, -0.2) is 71.9 Å². The fourth-order valence-corrected chi connectivity index (χ4v) is 3.55. The van der Waals surface area contributed by atoms with Crippen molar-refractivity contribution >= 4 is 22.8 Å². The van der Waals surface area contributed by atoms with E-state index in [2.05, 4.69) is 47.6 Å². The minimum Gasteiger partial charge on any atom is -0.495 e. The van der Waals surface area contributed by atoms with Gasteiger partial charge >= 0.3 is 0 Å². The molecule has 154 valence electrons. The maximum Gasteiger partial charge on any atom is 0.229 e. The van der Waals surface area contributed by atoms with Gasteiger partial charge in [0.15, 0.2) is 17.0 Å². The number of likely N-dealkylation sites (tertiary alicyclic amines) is 1. The molecule has 0 unspecified atom stereocenters. The van der Waals surface area contributed by atoms with E-state index in [1.165, 1.54) is 0 Å². The molecule has 0 amide bonds. The van der Waals surface area contributed by atoms with Crippen LogP contribution in [0.4, 0.5) is 11.6 Å². The SMILES string of the molecule is COc1ccc(-n2nnc3cnc(Nc4cnn(C5CCN(C)CC5)c4)nc32)nc1. The predicted octanol–water partition coefficient (Wildman–Crippen LogP) is 1.82. The summed E-state index contributed by atoms with van der Waals surface area (Å²) in [6.07, 6.45) is 9.26. The molecule has 4 aromatic heterocycles.